The lowest BCUT2D eigenvalue weighted by molar-refractivity contribution is -0.143. The van der Waals surface area contributed by atoms with E-state index in [1.807, 2.05) is 0 Å². The lowest BCUT2D eigenvalue weighted by Crippen LogP contribution is -2.59. The van der Waals surface area contributed by atoms with Gasteiger partial charge in [0.15, 0.2) is 5.96 Å². The summed E-state index contributed by atoms with van der Waals surface area (Å²) < 4.78 is 0. The Labute approximate surface area is 318 Å². The zero-order valence-corrected chi connectivity index (χ0v) is 31.5. The fourth-order valence-corrected chi connectivity index (χ4v) is 5.02. The smallest absolute Gasteiger partial charge is 0.326 e. The summed E-state index contributed by atoms with van der Waals surface area (Å²) in [4.78, 5) is 116. The van der Waals surface area contributed by atoms with Crippen molar-refractivity contribution in [2.75, 3.05) is 6.54 Å². The summed E-state index contributed by atoms with van der Waals surface area (Å²) in [6.45, 7) is 6.98. The average molecular weight is 788 g/mol. The molecule has 0 fully saturated rings. The Balaban J connectivity index is 6.28. The lowest BCUT2D eigenvalue weighted by atomic mass is 10.0. The van der Waals surface area contributed by atoms with Gasteiger partial charge in [-0.05, 0) is 56.8 Å². The number of carboxylic acids is 4. The number of rotatable bonds is 28. The molecule has 15 N–H and O–H groups in total. The highest BCUT2D eigenvalue weighted by Crippen LogP contribution is 2.11. The van der Waals surface area contributed by atoms with Gasteiger partial charge in [0.05, 0.1) is 6.04 Å². The third-order valence-electron chi connectivity index (χ3n) is 7.81. The number of carboxylic acid groups (broad SMARTS) is 4. The van der Waals surface area contributed by atoms with Gasteiger partial charge in [-0.1, -0.05) is 27.7 Å². The number of hydrogen-bond donors (Lipinski definition) is 12. The van der Waals surface area contributed by atoms with Crippen LogP contribution in [-0.4, -0.2) is 123 Å². The first-order valence-corrected chi connectivity index (χ1v) is 17.7. The summed E-state index contributed by atoms with van der Waals surface area (Å²) in [5, 5.41) is 49.1. The first-order chi connectivity index (χ1) is 25.5. The number of nitrogens with zero attached hydrogens (tertiary/aromatic N) is 1. The molecular weight excluding hydrogens is 730 g/mol. The van der Waals surface area contributed by atoms with Crippen LogP contribution < -0.4 is 43.8 Å². The van der Waals surface area contributed by atoms with Gasteiger partial charge in [-0.3, -0.25) is 43.3 Å². The molecule has 0 saturated heterocycles. The second-order valence-corrected chi connectivity index (χ2v) is 13.8. The molecule has 0 aliphatic heterocycles. The van der Waals surface area contributed by atoms with E-state index in [9.17, 15) is 63.6 Å². The number of nitrogens with two attached hydrogens (primary N) is 3. The fourth-order valence-electron chi connectivity index (χ4n) is 5.02. The fraction of sp³-hybridized carbons (Fsp3) is 0.697. The molecule has 0 spiro atoms. The number of hydrogen-bond acceptors (Lipinski definition) is 11. The highest BCUT2D eigenvalue weighted by atomic mass is 16.4. The number of aliphatic carboxylic acids is 4. The predicted octanol–water partition coefficient (Wildman–Crippen LogP) is -2.44. The van der Waals surface area contributed by atoms with Gasteiger partial charge in [-0.25, -0.2) is 4.79 Å². The Morgan fingerprint density at radius 3 is 1.18 bits per heavy atom. The van der Waals surface area contributed by atoms with Crippen LogP contribution in [0.25, 0.3) is 0 Å². The van der Waals surface area contributed by atoms with E-state index in [2.05, 4.69) is 31.6 Å². The van der Waals surface area contributed by atoms with E-state index in [0.717, 1.165) is 0 Å². The summed E-state index contributed by atoms with van der Waals surface area (Å²) in [5.41, 5.74) is 16.5. The van der Waals surface area contributed by atoms with Crippen molar-refractivity contribution in [3.63, 3.8) is 0 Å². The Kier molecular flexibility index (Phi) is 22.9. The maximum atomic E-state index is 13.6. The second kappa shape index (κ2) is 25.5. The van der Waals surface area contributed by atoms with E-state index in [1.165, 1.54) is 0 Å². The third kappa shape index (κ3) is 22.3. The minimum absolute atomic E-state index is 0.00920. The molecule has 0 saturated carbocycles. The molecular formula is C33H57N9O13. The van der Waals surface area contributed by atoms with Gasteiger partial charge in [-0.15, -0.1) is 0 Å². The van der Waals surface area contributed by atoms with Crippen molar-refractivity contribution < 1.29 is 63.6 Å². The van der Waals surface area contributed by atoms with Gasteiger partial charge in [0.25, 0.3) is 0 Å². The first kappa shape index (κ1) is 49.5. The van der Waals surface area contributed by atoms with Crippen LogP contribution in [0.5, 0.6) is 0 Å². The zero-order chi connectivity index (χ0) is 42.4. The van der Waals surface area contributed by atoms with Crippen LogP contribution in [0.3, 0.4) is 0 Å². The molecule has 6 atom stereocenters. The number of nitrogens with one attached hydrogen (secondary N) is 5. The molecule has 22 nitrogen and oxygen atoms in total. The molecule has 55 heavy (non-hydrogen) atoms. The molecule has 0 radical (unpaired) electrons. The van der Waals surface area contributed by atoms with Crippen LogP contribution in [0, 0.1) is 11.8 Å². The van der Waals surface area contributed by atoms with Crippen molar-refractivity contribution >= 4 is 59.4 Å². The van der Waals surface area contributed by atoms with Crippen LogP contribution in [0.1, 0.15) is 91.9 Å². The quantitative estimate of drug-likeness (QED) is 0.0223. The Morgan fingerprint density at radius 1 is 0.509 bits per heavy atom. The van der Waals surface area contributed by atoms with Crippen molar-refractivity contribution in [1.29, 1.82) is 0 Å². The summed E-state index contributed by atoms with van der Waals surface area (Å²) >= 11 is 0. The summed E-state index contributed by atoms with van der Waals surface area (Å²) in [6.07, 6.45) is -2.89. The minimum atomic E-state index is -1.65. The van der Waals surface area contributed by atoms with Gasteiger partial charge in [-0.2, -0.15) is 0 Å². The lowest BCUT2D eigenvalue weighted by Gasteiger charge is -2.27. The molecule has 312 valence electrons. The second-order valence-electron chi connectivity index (χ2n) is 13.8. The van der Waals surface area contributed by atoms with E-state index in [4.69, 9.17) is 17.2 Å². The molecule has 0 aliphatic carbocycles. The Morgan fingerprint density at radius 2 is 0.836 bits per heavy atom. The van der Waals surface area contributed by atoms with Crippen molar-refractivity contribution in [2.45, 2.75) is 128 Å². The number of carbonyl (C=O) groups excluding carboxylic acids is 5. The number of amides is 5. The van der Waals surface area contributed by atoms with Gasteiger partial charge < -0.3 is 64.2 Å². The van der Waals surface area contributed by atoms with E-state index in [-0.39, 0.29) is 43.6 Å². The zero-order valence-electron chi connectivity index (χ0n) is 31.5. The number of carbonyl (C=O) groups is 9. The summed E-state index contributed by atoms with van der Waals surface area (Å²) in [6, 6.07) is -8.66. The predicted molar refractivity (Wildman–Crippen MR) is 195 cm³/mol. The SMILES string of the molecule is CC(C)CC(NC(=O)C(CCC(=O)O)NC(=O)C(CCC(=O)O)NC(=O)C(CC(C)C)NC(=O)C(CCC(=O)O)NC(=O)C(N)CCCN=C(N)N)C(=O)O. The van der Waals surface area contributed by atoms with Crippen LogP contribution in [0.15, 0.2) is 4.99 Å². The molecule has 0 aromatic heterocycles. The topological polar surface area (TPSA) is 385 Å². The van der Waals surface area contributed by atoms with Crippen LogP contribution in [-0.2, 0) is 43.2 Å². The molecule has 0 bridgehead atoms. The van der Waals surface area contributed by atoms with Crippen molar-refractivity contribution in [1.82, 2.24) is 26.6 Å². The summed E-state index contributed by atoms with van der Waals surface area (Å²) in [5.74, 6) is -10.8. The van der Waals surface area contributed by atoms with Gasteiger partial charge in [0, 0.05) is 25.8 Å². The Bertz CT molecular complexity index is 1390. The maximum absolute atomic E-state index is 13.6. The maximum Gasteiger partial charge on any atom is 0.326 e. The van der Waals surface area contributed by atoms with Crippen molar-refractivity contribution in [3.05, 3.63) is 0 Å². The van der Waals surface area contributed by atoms with Crippen molar-refractivity contribution in [2.24, 2.45) is 34.0 Å². The third-order valence-corrected chi connectivity index (χ3v) is 7.81. The largest absolute Gasteiger partial charge is 0.481 e. The first-order valence-electron chi connectivity index (χ1n) is 17.7. The average Bonchev–Trinajstić information content (AvgIpc) is 3.06. The monoisotopic (exact) mass is 787 g/mol. The van der Waals surface area contributed by atoms with Crippen molar-refractivity contribution in [3.8, 4) is 0 Å². The van der Waals surface area contributed by atoms with E-state index in [1.54, 1.807) is 27.7 Å². The normalized spacial score (nSPS) is 14.2. The molecule has 0 rings (SSSR count). The number of aliphatic imine (C=N–C) groups is 1. The standard InChI is InChI=1S/C33H57N9O13/c1-16(2)14-22(41-29(51)19(7-10-24(43)44)38-27(49)18(34)6-5-13-37-33(35)36)31(53)40-20(8-11-25(45)46)28(50)39-21(9-12-26(47)48)30(52)42-23(32(54)55)15-17(3)4/h16-23H,5-15,34H2,1-4H3,(H,38,49)(H,39,50)(H,40,53)(H,41,51)(H,42,52)(H,43,44)(H,45,46)(H,47,48)(H,54,55)(H4,35,36,37). The Hall–Kier alpha value is -5.54. The molecule has 0 aliphatic rings. The number of guanidine groups is 1. The van der Waals surface area contributed by atoms with Crippen LogP contribution in [0.4, 0.5) is 0 Å². The highest BCUT2D eigenvalue weighted by Gasteiger charge is 2.34. The van der Waals surface area contributed by atoms with Crippen LogP contribution >= 0.6 is 0 Å². The molecule has 0 heterocycles. The molecule has 22 heteroatoms. The molecule has 0 aromatic carbocycles. The highest BCUT2D eigenvalue weighted by molar-refractivity contribution is 5.96. The van der Waals surface area contributed by atoms with Gasteiger partial charge in [0.1, 0.15) is 30.2 Å². The molecule has 5 amide bonds. The van der Waals surface area contributed by atoms with E-state index in [0.29, 0.717) is 6.42 Å². The van der Waals surface area contributed by atoms with E-state index >= 15 is 0 Å². The van der Waals surface area contributed by atoms with Crippen LogP contribution in [0.2, 0.25) is 0 Å². The molecule has 6 unspecified atom stereocenters. The van der Waals surface area contributed by atoms with Gasteiger partial charge in [0.2, 0.25) is 29.5 Å². The molecule has 0 aromatic rings. The van der Waals surface area contributed by atoms with Gasteiger partial charge >= 0.3 is 23.9 Å². The van der Waals surface area contributed by atoms with E-state index < -0.39 is 128 Å². The summed E-state index contributed by atoms with van der Waals surface area (Å²) in [7, 11) is 0. The minimum Gasteiger partial charge on any atom is -0.481 e.